The van der Waals surface area contributed by atoms with E-state index < -0.39 is 0 Å². The van der Waals surface area contributed by atoms with Crippen LogP contribution in [0.4, 0.5) is 4.79 Å². The Hall–Kier alpha value is -1.75. The zero-order chi connectivity index (χ0) is 15.1. The zero-order valence-corrected chi connectivity index (χ0v) is 12.5. The Labute approximate surface area is 125 Å². The fraction of sp³-hybridized carbons (Fsp3) is 0.562. The molecule has 0 spiro atoms. The van der Waals surface area contributed by atoms with E-state index in [-0.39, 0.29) is 18.2 Å². The summed E-state index contributed by atoms with van der Waals surface area (Å²) >= 11 is 0. The number of nitrogens with one attached hydrogen (secondary N) is 2. The molecule has 0 aromatic heterocycles. The van der Waals surface area contributed by atoms with E-state index in [1.54, 1.807) is 0 Å². The van der Waals surface area contributed by atoms with Gasteiger partial charge in [0, 0.05) is 12.6 Å². The highest BCUT2D eigenvalue weighted by Gasteiger charge is 2.20. The van der Waals surface area contributed by atoms with Crippen molar-refractivity contribution in [2.24, 2.45) is 0 Å². The van der Waals surface area contributed by atoms with Crippen molar-refractivity contribution in [1.82, 2.24) is 10.6 Å². The minimum absolute atomic E-state index is 0.154. The van der Waals surface area contributed by atoms with Crippen molar-refractivity contribution < 1.29 is 14.6 Å². The number of aliphatic hydroxyl groups is 1. The van der Waals surface area contributed by atoms with Gasteiger partial charge < -0.3 is 20.5 Å². The van der Waals surface area contributed by atoms with Gasteiger partial charge in [-0.3, -0.25) is 0 Å². The molecule has 1 aliphatic rings. The summed E-state index contributed by atoms with van der Waals surface area (Å²) in [5, 5.41) is 15.3. The standard InChI is InChI=1S/C16H24N2O3/c1-2-21-15-5-3-4-12(10-15)11-17-16(20)18-13-6-8-14(19)9-7-13/h3-5,10,13-14,19H,2,6-9,11H2,1H3,(H2,17,18,20). The molecule has 1 aromatic rings. The summed E-state index contributed by atoms with van der Waals surface area (Å²) in [5.74, 6) is 0.818. The zero-order valence-electron chi connectivity index (χ0n) is 12.5. The second kappa shape index (κ2) is 7.88. The SMILES string of the molecule is CCOc1cccc(CNC(=O)NC2CCC(O)CC2)c1. The van der Waals surface area contributed by atoms with E-state index in [1.165, 1.54) is 0 Å². The van der Waals surface area contributed by atoms with Gasteiger partial charge >= 0.3 is 6.03 Å². The molecule has 5 nitrogen and oxygen atoms in total. The van der Waals surface area contributed by atoms with Gasteiger partial charge in [-0.15, -0.1) is 0 Å². The summed E-state index contributed by atoms with van der Waals surface area (Å²) in [5.41, 5.74) is 1.01. The molecular formula is C16H24N2O3. The minimum Gasteiger partial charge on any atom is -0.494 e. The van der Waals surface area contributed by atoms with E-state index in [4.69, 9.17) is 4.74 Å². The van der Waals surface area contributed by atoms with Crippen LogP contribution in [0.3, 0.4) is 0 Å². The van der Waals surface area contributed by atoms with Crippen molar-refractivity contribution in [3.63, 3.8) is 0 Å². The molecule has 1 fully saturated rings. The van der Waals surface area contributed by atoms with Gasteiger partial charge in [-0.25, -0.2) is 4.79 Å². The molecule has 1 aromatic carbocycles. The Kier molecular flexibility index (Phi) is 5.87. The molecule has 0 unspecified atom stereocenters. The molecule has 116 valence electrons. The van der Waals surface area contributed by atoms with Gasteiger partial charge in [-0.2, -0.15) is 0 Å². The predicted octanol–water partition coefficient (Wildman–Crippen LogP) is 2.19. The van der Waals surface area contributed by atoms with Gasteiger partial charge in [0.15, 0.2) is 0 Å². The number of hydrogen-bond acceptors (Lipinski definition) is 3. The van der Waals surface area contributed by atoms with Crippen LogP contribution in [0.15, 0.2) is 24.3 Å². The molecule has 0 saturated heterocycles. The highest BCUT2D eigenvalue weighted by atomic mass is 16.5. The summed E-state index contributed by atoms with van der Waals surface area (Å²) < 4.78 is 5.43. The fourth-order valence-electron chi connectivity index (χ4n) is 2.55. The maximum Gasteiger partial charge on any atom is 0.315 e. The second-order valence-corrected chi connectivity index (χ2v) is 5.41. The van der Waals surface area contributed by atoms with Crippen LogP contribution >= 0.6 is 0 Å². The molecule has 0 heterocycles. The number of ether oxygens (including phenoxy) is 1. The maximum absolute atomic E-state index is 11.9. The lowest BCUT2D eigenvalue weighted by molar-refractivity contribution is 0.117. The normalized spacial score (nSPS) is 21.6. The second-order valence-electron chi connectivity index (χ2n) is 5.41. The molecule has 0 bridgehead atoms. The third-order valence-corrected chi connectivity index (χ3v) is 3.69. The average Bonchev–Trinajstić information content (AvgIpc) is 2.48. The van der Waals surface area contributed by atoms with Gasteiger partial charge in [0.1, 0.15) is 5.75 Å². The highest BCUT2D eigenvalue weighted by molar-refractivity contribution is 5.74. The van der Waals surface area contributed by atoms with Gasteiger partial charge in [-0.1, -0.05) is 12.1 Å². The summed E-state index contributed by atoms with van der Waals surface area (Å²) in [6.07, 6.45) is 3.01. The summed E-state index contributed by atoms with van der Waals surface area (Å²) in [4.78, 5) is 11.9. The molecular weight excluding hydrogens is 268 g/mol. The molecule has 0 aliphatic heterocycles. The van der Waals surface area contributed by atoms with Crippen molar-refractivity contribution in [2.75, 3.05) is 6.61 Å². The van der Waals surface area contributed by atoms with E-state index in [9.17, 15) is 9.90 Å². The first-order chi connectivity index (χ1) is 10.2. The van der Waals surface area contributed by atoms with E-state index in [2.05, 4.69) is 10.6 Å². The number of amides is 2. The Morgan fingerprint density at radius 2 is 2.10 bits per heavy atom. The monoisotopic (exact) mass is 292 g/mol. The van der Waals surface area contributed by atoms with Crippen LogP contribution in [0, 0.1) is 0 Å². The van der Waals surface area contributed by atoms with Crippen LogP contribution in [0.1, 0.15) is 38.2 Å². The number of carbonyl (C=O) groups excluding carboxylic acids is 1. The summed E-state index contributed by atoms with van der Waals surface area (Å²) in [6, 6.07) is 7.73. The number of carbonyl (C=O) groups is 1. The Morgan fingerprint density at radius 3 is 2.81 bits per heavy atom. The molecule has 2 rings (SSSR count). The van der Waals surface area contributed by atoms with E-state index >= 15 is 0 Å². The molecule has 0 atom stereocenters. The Balaban J connectivity index is 1.74. The van der Waals surface area contributed by atoms with Crippen molar-refractivity contribution in [3.05, 3.63) is 29.8 Å². The predicted molar refractivity (Wildman–Crippen MR) is 81.2 cm³/mol. The number of rotatable bonds is 5. The van der Waals surface area contributed by atoms with Gasteiger partial charge in [0.05, 0.1) is 12.7 Å². The highest BCUT2D eigenvalue weighted by Crippen LogP contribution is 2.18. The first-order valence-corrected chi connectivity index (χ1v) is 7.61. The molecule has 3 N–H and O–H groups in total. The van der Waals surface area contributed by atoms with Crippen molar-refractivity contribution >= 4 is 6.03 Å². The third-order valence-electron chi connectivity index (χ3n) is 3.69. The molecule has 2 amide bonds. The maximum atomic E-state index is 11.9. The van der Waals surface area contributed by atoms with E-state index in [0.29, 0.717) is 13.2 Å². The molecule has 1 aliphatic carbocycles. The summed E-state index contributed by atoms with van der Waals surface area (Å²) in [7, 11) is 0. The minimum atomic E-state index is -0.201. The third kappa shape index (κ3) is 5.27. The lowest BCUT2D eigenvalue weighted by atomic mass is 9.93. The van der Waals surface area contributed by atoms with Gasteiger partial charge in [0.2, 0.25) is 0 Å². The van der Waals surface area contributed by atoms with E-state index in [0.717, 1.165) is 37.0 Å². The van der Waals surface area contributed by atoms with Crippen molar-refractivity contribution in [3.8, 4) is 5.75 Å². The molecule has 21 heavy (non-hydrogen) atoms. The first kappa shape index (κ1) is 15.6. The quantitative estimate of drug-likeness (QED) is 0.779. The van der Waals surface area contributed by atoms with Crippen molar-refractivity contribution in [2.45, 2.75) is 51.3 Å². The number of urea groups is 1. The van der Waals surface area contributed by atoms with Crippen LogP contribution in [-0.2, 0) is 6.54 Å². The van der Waals surface area contributed by atoms with Crippen LogP contribution in [0.5, 0.6) is 5.75 Å². The molecule has 5 heteroatoms. The largest absolute Gasteiger partial charge is 0.494 e. The fourth-order valence-corrected chi connectivity index (χ4v) is 2.55. The Bertz CT molecular complexity index is 457. The molecule has 0 radical (unpaired) electrons. The van der Waals surface area contributed by atoms with Crippen LogP contribution in [-0.4, -0.2) is 29.9 Å². The van der Waals surface area contributed by atoms with Gasteiger partial charge in [-0.05, 0) is 50.3 Å². The summed E-state index contributed by atoms with van der Waals surface area (Å²) in [6.45, 7) is 3.05. The number of aliphatic hydroxyl groups excluding tert-OH is 1. The topological polar surface area (TPSA) is 70.6 Å². The van der Waals surface area contributed by atoms with Crippen LogP contribution in [0.2, 0.25) is 0 Å². The smallest absolute Gasteiger partial charge is 0.315 e. The lowest BCUT2D eigenvalue weighted by Gasteiger charge is -2.26. The lowest BCUT2D eigenvalue weighted by Crippen LogP contribution is -2.43. The number of benzene rings is 1. The van der Waals surface area contributed by atoms with E-state index in [1.807, 2.05) is 31.2 Å². The average molecular weight is 292 g/mol. The van der Waals surface area contributed by atoms with Crippen LogP contribution in [0.25, 0.3) is 0 Å². The van der Waals surface area contributed by atoms with Crippen LogP contribution < -0.4 is 15.4 Å². The van der Waals surface area contributed by atoms with Crippen molar-refractivity contribution in [1.29, 1.82) is 0 Å². The molecule has 1 saturated carbocycles. The first-order valence-electron chi connectivity index (χ1n) is 7.61. The van der Waals surface area contributed by atoms with Gasteiger partial charge in [0.25, 0.3) is 0 Å². The Morgan fingerprint density at radius 1 is 1.33 bits per heavy atom. The number of hydrogen-bond donors (Lipinski definition) is 3.